The first-order valence-electron chi connectivity index (χ1n) is 10.2. The van der Waals surface area contributed by atoms with E-state index < -0.39 is 0 Å². The number of anilines is 1. The lowest BCUT2D eigenvalue weighted by Crippen LogP contribution is -2.39. The summed E-state index contributed by atoms with van der Waals surface area (Å²) in [4.78, 5) is 30.8. The summed E-state index contributed by atoms with van der Waals surface area (Å²) in [6.07, 6.45) is 2.41. The van der Waals surface area contributed by atoms with Crippen LogP contribution in [0.15, 0.2) is 71.1 Å². The summed E-state index contributed by atoms with van der Waals surface area (Å²) < 4.78 is 0.465. The van der Waals surface area contributed by atoms with E-state index >= 15 is 0 Å². The third-order valence-electron chi connectivity index (χ3n) is 5.61. The lowest BCUT2D eigenvalue weighted by atomic mass is 9.97. The molecule has 0 N–H and O–H groups in total. The molecule has 2 aliphatic rings. The zero-order chi connectivity index (χ0) is 21.1. The Morgan fingerprint density at radius 2 is 1.63 bits per heavy atom. The molecule has 2 fully saturated rings. The van der Waals surface area contributed by atoms with Crippen LogP contribution in [0.5, 0.6) is 0 Å². The van der Waals surface area contributed by atoms with Crippen molar-refractivity contribution in [3.63, 3.8) is 0 Å². The molecule has 0 aliphatic carbocycles. The van der Waals surface area contributed by atoms with E-state index in [4.69, 9.17) is 12.2 Å². The fraction of sp³-hybridized carbons (Fsp3) is 0.292. The second kappa shape index (κ2) is 9.14. The normalized spacial score (nSPS) is 19.4. The predicted octanol–water partition coefficient (Wildman–Crippen LogP) is 4.81. The Bertz CT molecular complexity index is 981. The van der Waals surface area contributed by atoms with Gasteiger partial charge in [-0.3, -0.25) is 14.5 Å². The molecule has 2 amide bonds. The molecule has 0 spiro atoms. The van der Waals surface area contributed by atoms with Crippen LogP contribution in [0.4, 0.5) is 5.69 Å². The highest BCUT2D eigenvalue weighted by Crippen LogP contribution is 2.38. The summed E-state index contributed by atoms with van der Waals surface area (Å²) in [5, 5.41) is 0. The fourth-order valence-corrected chi connectivity index (χ4v) is 5.16. The first-order valence-corrected chi connectivity index (χ1v) is 11.4. The number of rotatable bonds is 4. The van der Waals surface area contributed by atoms with Gasteiger partial charge in [-0.2, -0.15) is 0 Å². The number of nitrogens with zero attached hydrogens (tertiary/aromatic N) is 2. The van der Waals surface area contributed by atoms with Gasteiger partial charge in [-0.25, -0.2) is 0 Å². The molecule has 0 saturated carbocycles. The van der Waals surface area contributed by atoms with Crippen LogP contribution in [0.1, 0.15) is 25.3 Å². The number of thiocarbonyl (C=S) groups is 1. The Hall–Kier alpha value is -2.44. The Morgan fingerprint density at radius 1 is 1.03 bits per heavy atom. The van der Waals surface area contributed by atoms with E-state index in [1.807, 2.05) is 65.6 Å². The lowest BCUT2D eigenvalue weighted by molar-refractivity contribution is -0.128. The van der Waals surface area contributed by atoms with Crippen LogP contribution in [0, 0.1) is 5.92 Å². The number of amides is 2. The van der Waals surface area contributed by atoms with E-state index in [1.165, 1.54) is 16.7 Å². The van der Waals surface area contributed by atoms with Gasteiger partial charge in [0, 0.05) is 25.1 Å². The summed E-state index contributed by atoms with van der Waals surface area (Å²) in [5.41, 5.74) is 2.29. The molecule has 4 rings (SSSR count). The quantitative estimate of drug-likeness (QED) is 0.510. The first kappa shape index (κ1) is 20.8. The maximum atomic E-state index is 13.5. The van der Waals surface area contributed by atoms with Crippen molar-refractivity contribution in [2.24, 2.45) is 5.92 Å². The lowest BCUT2D eigenvalue weighted by Gasteiger charge is -2.31. The zero-order valence-corrected chi connectivity index (χ0v) is 18.5. The zero-order valence-electron chi connectivity index (χ0n) is 16.9. The molecule has 2 aromatic carbocycles. The van der Waals surface area contributed by atoms with Gasteiger partial charge in [-0.05, 0) is 36.5 Å². The number of carbonyl (C=O) groups excluding carboxylic acids is 2. The Balaban J connectivity index is 1.71. The summed E-state index contributed by atoms with van der Waals surface area (Å²) >= 11 is 6.76. The third-order valence-corrected chi connectivity index (χ3v) is 7.03. The molecule has 0 radical (unpaired) electrons. The van der Waals surface area contributed by atoms with Crippen molar-refractivity contribution < 1.29 is 9.59 Å². The highest BCUT2D eigenvalue weighted by Gasteiger charge is 2.38. The van der Waals surface area contributed by atoms with Crippen LogP contribution in [0.25, 0.3) is 0 Å². The number of benzene rings is 2. The summed E-state index contributed by atoms with van der Waals surface area (Å²) in [5.74, 6) is 0.378. The Kier molecular flexibility index (Phi) is 6.35. The summed E-state index contributed by atoms with van der Waals surface area (Å²) in [6.45, 7) is 3.69. The van der Waals surface area contributed by atoms with Crippen molar-refractivity contribution in [2.75, 3.05) is 18.0 Å². The van der Waals surface area contributed by atoms with Crippen LogP contribution >= 0.6 is 24.0 Å². The van der Waals surface area contributed by atoms with Crippen molar-refractivity contribution in [1.82, 2.24) is 4.90 Å². The fourth-order valence-electron chi connectivity index (χ4n) is 3.81. The molecule has 154 valence electrons. The minimum Gasteiger partial charge on any atom is -0.339 e. The van der Waals surface area contributed by atoms with Gasteiger partial charge in [0.1, 0.15) is 0 Å². The highest BCUT2D eigenvalue weighted by atomic mass is 32.2. The minimum atomic E-state index is -0.208. The molecule has 0 unspecified atom stereocenters. The van der Waals surface area contributed by atoms with Crippen LogP contribution in [-0.4, -0.2) is 34.1 Å². The average Bonchev–Trinajstić information content (AvgIpc) is 3.07. The Labute approximate surface area is 186 Å². The average molecular weight is 437 g/mol. The van der Waals surface area contributed by atoms with Gasteiger partial charge in [0.2, 0.25) is 0 Å². The molecule has 0 bridgehead atoms. The molecular formula is C24H24N2O2S2. The monoisotopic (exact) mass is 436 g/mol. The van der Waals surface area contributed by atoms with Gasteiger partial charge in [-0.15, -0.1) is 0 Å². The topological polar surface area (TPSA) is 40.6 Å². The maximum absolute atomic E-state index is 13.5. The minimum absolute atomic E-state index is 0.0423. The molecule has 6 heteroatoms. The molecule has 30 heavy (non-hydrogen) atoms. The van der Waals surface area contributed by atoms with Gasteiger partial charge in [-0.1, -0.05) is 79.4 Å². The van der Waals surface area contributed by atoms with E-state index in [-0.39, 0.29) is 11.8 Å². The number of piperidine rings is 1. The second-order valence-electron chi connectivity index (χ2n) is 7.79. The van der Waals surface area contributed by atoms with Crippen molar-refractivity contribution in [1.29, 1.82) is 0 Å². The number of hydrogen-bond acceptors (Lipinski definition) is 4. The van der Waals surface area contributed by atoms with Crippen molar-refractivity contribution in [3.8, 4) is 0 Å². The van der Waals surface area contributed by atoms with Crippen molar-refractivity contribution in [3.05, 3.63) is 76.7 Å². The molecule has 2 aromatic rings. The van der Waals surface area contributed by atoms with E-state index in [0.717, 1.165) is 37.2 Å². The molecule has 2 heterocycles. The molecule has 2 aliphatic heterocycles. The SMILES string of the molecule is CC1CCN(C(=O)/C(Cc2ccccc2)=C2/SC(=S)N(c3ccccc3)C2=O)CC1. The van der Waals surface area contributed by atoms with E-state index in [9.17, 15) is 9.59 Å². The maximum Gasteiger partial charge on any atom is 0.271 e. The van der Waals surface area contributed by atoms with Gasteiger partial charge in [0.25, 0.3) is 11.8 Å². The van der Waals surface area contributed by atoms with E-state index in [1.54, 1.807) is 0 Å². The Morgan fingerprint density at radius 3 is 2.27 bits per heavy atom. The highest BCUT2D eigenvalue weighted by molar-refractivity contribution is 8.27. The third kappa shape index (κ3) is 4.35. The van der Waals surface area contributed by atoms with Crippen LogP contribution in [0.2, 0.25) is 0 Å². The smallest absolute Gasteiger partial charge is 0.271 e. The number of thioether (sulfide) groups is 1. The predicted molar refractivity (Wildman–Crippen MR) is 126 cm³/mol. The van der Waals surface area contributed by atoms with Gasteiger partial charge in [0.05, 0.1) is 10.6 Å². The van der Waals surface area contributed by atoms with Crippen LogP contribution in [0.3, 0.4) is 0 Å². The van der Waals surface area contributed by atoms with Crippen molar-refractivity contribution in [2.45, 2.75) is 26.2 Å². The molecule has 4 nitrogen and oxygen atoms in total. The number of carbonyl (C=O) groups is 2. The summed E-state index contributed by atoms with van der Waals surface area (Å²) in [7, 11) is 0. The molecule has 0 atom stereocenters. The van der Waals surface area contributed by atoms with E-state index in [2.05, 4.69) is 6.92 Å². The first-order chi connectivity index (χ1) is 14.5. The van der Waals surface area contributed by atoms with Crippen LogP contribution < -0.4 is 4.90 Å². The number of likely N-dealkylation sites (tertiary alicyclic amines) is 1. The van der Waals surface area contributed by atoms with Gasteiger partial charge in [0.15, 0.2) is 4.32 Å². The number of para-hydroxylation sites is 1. The standard InChI is InChI=1S/C24H24N2O2S2/c1-17-12-14-25(15-13-17)22(27)20(16-18-8-4-2-5-9-18)21-23(28)26(24(29)30-21)19-10-6-3-7-11-19/h2-11,17H,12-16H2,1H3/b21-20+. The van der Waals surface area contributed by atoms with Gasteiger partial charge >= 0.3 is 0 Å². The molecular weight excluding hydrogens is 412 g/mol. The van der Waals surface area contributed by atoms with E-state index in [0.29, 0.717) is 27.1 Å². The largest absolute Gasteiger partial charge is 0.339 e. The van der Waals surface area contributed by atoms with Crippen LogP contribution in [-0.2, 0) is 16.0 Å². The molecule has 0 aromatic heterocycles. The van der Waals surface area contributed by atoms with Gasteiger partial charge < -0.3 is 4.90 Å². The molecule has 2 saturated heterocycles. The summed E-state index contributed by atoms with van der Waals surface area (Å²) in [6, 6.07) is 19.2. The second-order valence-corrected chi connectivity index (χ2v) is 9.43. The van der Waals surface area contributed by atoms with Crippen molar-refractivity contribution >= 4 is 45.8 Å². The number of hydrogen-bond donors (Lipinski definition) is 0.